The van der Waals surface area contributed by atoms with Gasteiger partial charge in [-0.2, -0.15) is 0 Å². The standard InChI is InChI=1S/C12H17NO2/c1-9(2)6-13-7-10-3-4-11-12(5-10)15-8-14-11/h3-5,9,13H,6-8H2,1-2H3. The van der Waals surface area contributed by atoms with Gasteiger partial charge in [0.25, 0.3) is 0 Å². The molecule has 1 aliphatic rings. The van der Waals surface area contributed by atoms with Crippen molar-refractivity contribution in [2.45, 2.75) is 20.4 Å². The zero-order chi connectivity index (χ0) is 10.7. The van der Waals surface area contributed by atoms with Crippen LogP contribution in [-0.4, -0.2) is 13.3 Å². The Morgan fingerprint density at radius 1 is 1.27 bits per heavy atom. The number of rotatable bonds is 4. The maximum atomic E-state index is 5.32. The summed E-state index contributed by atoms with van der Waals surface area (Å²) >= 11 is 0. The van der Waals surface area contributed by atoms with Gasteiger partial charge in [-0.15, -0.1) is 0 Å². The Bertz CT molecular complexity index is 336. The molecule has 0 saturated carbocycles. The molecule has 0 atom stereocenters. The SMILES string of the molecule is CC(C)CNCc1ccc2c(c1)OCO2. The second-order valence-corrected chi connectivity index (χ2v) is 4.21. The predicted molar refractivity (Wildman–Crippen MR) is 59.1 cm³/mol. The summed E-state index contributed by atoms with van der Waals surface area (Å²) in [5.41, 5.74) is 1.24. The Kier molecular flexibility index (Phi) is 3.11. The van der Waals surface area contributed by atoms with Crippen LogP contribution < -0.4 is 14.8 Å². The van der Waals surface area contributed by atoms with E-state index in [1.807, 2.05) is 12.1 Å². The van der Waals surface area contributed by atoms with Crippen molar-refractivity contribution in [1.82, 2.24) is 5.32 Å². The first kappa shape index (κ1) is 10.3. The van der Waals surface area contributed by atoms with Crippen molar-refractivity contribution in [2.75, 3.05) is 13.3 Å². The molecule has 0 amide bonds. The van der Waals surface area contributed by atoms with Crippen LogP contribution >= 0.6 is 0 Å². The number of ether oxygens (including phenoxy) is 2. The second kappa shape index (κ2) is 4.53. The van der Waals surface area contributed by atoms with Gasteiger partial charge in [-0.3, -0.25) is 0 Å². The molecular weight excluding hydrogens is 190 g/mol. The summed E-state index contributed by atoms with van der Waals surface area (Å²) < 4.78 is 10.6. The highest BCUT2D eigenvalue weighted by Gasteiger charge is 2.12. The molecule has 0 fully saturated rings. The average Bonchev–Trinajstić information content (AvgIpc) is 2.64. The van der Waals surface area contributed by atoms with Gasteiger partial charge in [0.15, 0.2) is 11.5 Å². The van der Waals surface area contributed by atoms with E-state index in [2.05, 4.69) is 25.2 Å². The van der Waals surface area contributed by atoms with E-state index in [1.54, 1.807) is 0 Å². The lowest BCUT2D eigenvalue weighted by atomic mass is 10.2. The van der Waals surface area contributed by atoms with Crippen molar-refractivity contribution in [3.63, 3.8) is 0 Å². The van der Waals surface area contributed by atoms with Gasteiger partial charge >= 0.3 is 0 Å². The van der Waals surface area contributed by atoms with Crippen LogP contribution in [0, 0.1) is 5.92 Å². The fourth-order valence-corrected chi connectivity index (χ4v) is 1.56. The lowest BCUT2D eigenvalue weighted by molar-refractivity contribution is 0.174. The van der Waals surface area contributed by atoms with Gasteiger partial charge in [0.05, 0.1) is 0 Å². The molecule has 3 heteroatoms. The minimum atomic E-state index is 0.345. The number of benzene rings is 1. The van der Waals surface area contributed by atoms with Crippen molar-refractivity contribution < 1.29 is 9.47 Å². The van der Waals surface area contributed by atoms with Gasteiger partial charge in [-0.05, 0) is 30.2 Å². The summed E-state index contributed by atoms with van der Waals surface area (Å²) in [4.78, 5) is 0. The largest absolute Gasteiger partial charge is 0.454 e. The molecule has 15 heavy (non-hydrogen) atoms. The maximum absolute atomic E-state index is 5.32. The first-order valence-corrected chi connectivity index (χ1v) is 5.35. The van der Waals surface area contributed by atoms with Crippen LogP contribution in [0.15, 0.2) is 18.2 Å². The predicted octanol–water partition coefficient (Wildman–Crippen LogP) is 2.16. The Morgan fingerprint density at radius 2 is 2.07 bits per heavy atom. The van der Waals surface area contributed by atoms with E-state index in [1.165, 1.54) is 5.56 Å². The van der Waals surface area contributed by atoms with E-state index in [0.717, 1.165) is 24.6 Å². The zero-order valence-electron chi connectivity index (χ0n) is 9.25. The van der Waals surface area contributed by atoms with E-state index in [9.17, 15) is 0 Å². The van der Waals surface area contributed by atoms with Gasteiger partial charge in [-0.1, -0.05) is 19.9 Å². The van der Waals surface area contributed by atoms with Gasteiger partial charge in [0.1, 0.15) is 0 Å². The van der Waals surface area contributed by atoms with Crippen molar-refractivity contribution in [3.05, 3.63) is 23.8 Å². The van der Waals surface area contributed by atoms with Crippen molar-refractivity contribution in [3.8, 4) is 11.5 Å². The average molecular weight is 207 g/mol. The number of fused-ring (bicyclic) bond motifs is 1. The van der Waals surface area contributed by atoms with Gasteiger partial charge in [0.2, 0.25) is 6.79 Å². The number of hydrogen-bond donors (Lipinski definition) is 1. The summed E-state index contributed by atoms with van der Waals surface area (Å²) in [6.07, 6.45) is 0. The van der Waals surface area contributed by atoms with Crippen LogP contribution in [0.5, 0.6) is 11.5 Å². The fourth-order valence-electron chi connectivity index (χ4n) is 1.56. The molecule has 2 rings (SSSR count). The molecule has 82 valence electrons. The molecule has 1 aromatic carbocycles. The molecule has 0 bridgehead atoms. The second-order valence-electron chi connectivity index (χ2n) is 4.21. The first-order valence-electron chi connectivity index (χ1n) is 5.35. The van der Waals surface area contributed by atoms with Gasteiger partial charge in [-0.25, -0.2) is 0 Å². The summed E-state index contributed by atoms with van der Waals surface area (Å²) in [5.74, 6) is 2.39. The fraction of sp³-hybridized carbons (Fsp3) is 0.500. The molecule has 3 nitrogen and oxygen atoms in total. The van der Waals surface area contributed by atoms with Crippen LogP contribution in [0.3, 0.4) is 0 Å². The van der Waals surface area contributed by atoms with Gasteiger partial charge < -0.3 is 14.8 Å². The molecule has 0 aromatic heterocycles. The minimum absolute atomic E-state index is 0.345. The molecule has 1 aliphatic heterocycles. The number of hydrogen-bond acceptors (Lipinski definition) is 3. The Hall–Kier alpha value is -1.22. The Morgan fingerprint density at radius 3 is 2.87 bits per heavy atom. The molecule has 1 N–H and O–H groups in total. The van der Waals surface area contributed by atoms with E-state index >= 15 is 0 Å². The minimum Gasteiger partial charge on any atom is -0.454 e. The maximum Gasteiger partial charge on any atom is 0.231 e. The van der Waals surface area contributed by atoms with Crippen LogP contribution in [0.2, 0.25) is 0 Å². The normalized spacial score (nSPS) is 13.5. The Balaban J connectivity index is 1.92. The summed E-state index contributed by atoms with van der Waals surface area (Å²) in [6, 6.07) is 6.07. The van der Waals surface area contributed by atoms with Crippen molar-refractivity contribution in [2.24, 2.45) is 5.92 Å². The van der Waals surface area contributed by atoms with Crippen LogP contribution in [0.4, 0.5) is 0 Å². The van der Waals surface area contributed by atoms with E-state index in [-0.39, 0.29) is 0 Å². The molecule has 0 saturated heterocycles. The van der Waals surface area contributed by atoms with Crippen LogP contribution in [0.25, 0.3) is 0 Å². The zero-order valence-corrected chi connectivity index (χ0v) is 9.25. The van der Waals surface area contributed by atoms with Gasteiger partial charge in [0, 0.05) is 6.54 Å². The molecule has 1 heterocycles. The topological polar surface area (TPSA) is 30.5 Å². The smallest absolute Gasteiger partial charge is 0.231 e. The highest BCUT2D eigenvalue weighted by molar-refractivity contribution is 5.44. The third-order valence-electron chi connectivity index (χ3n) is 2.32. The van der Waals surface area contributed by atoms with Crippen LogP contribution in [-0.2, 0) is 6.54 Å². The third-order valence-corrected chi connectivity index (χ3v) is 2.32. The summed E-state index contributed by atoms with van der Waals surface area (Å²) in [6.45, 7) is 6.67. The quantitative estimate of drug-likeness (QED) is 0.820. The van der Waals surface area contributed by atoms with Crippen molar-refractivity contribution >= 4 is 0 Å². The molecule has 0 unspecified atom stereocenters. The van der Waals surface area contributed by atoms with E-state index in [0.29, 0.717) is 12.7 Å². The highest BCUT2D eigenvalue weighted by Crippen LogP contribution is 2.32. The van der Waals surface area contributed by atoms with Crippen molar-refractivity contribution in [1.29, 1.82) is 0 Å². The van der Waals surface area contributed by atoms with E-state index in [4.69, 9.17) is 9.47 Å². The monoisotopic (exact) mass is 207 g/mol. The third kappa shape index (κ3) is 2.63. The molecule has 0 spiro atoms. The van der Waals surface area contributed by atoms with E-state index < -0.39 is 0 Å². The molecular formula is C12H17NO2. The lowest BCUT2D eigenvalue weighted by Crippen LogP contribution is -2.18. The van der Waals surface area contributed by atoms with Crippen LogP contribution in [0.1, 0.15) is 19.4 Å². The summed E-state index contributed by atoms with van der Waals surface area (Å²) in [7, 11) is 0. The molecule has 1 aromatic rings. The highest BCUT2D eigenvalue weighted by atomic mass is 16.7. The number of nitrogens with one attached hydrogen (secondary N) is 1. The summed E-state index contributed by atoms with van der Waals surface area (Å²) in [5, 5.41) is 3.40. The lowest BCUT2D eigenvalue weighted by Gasteiger charge is -2.07. The molecule has 0 aliphatic carbocycles. The Labute approximate surface area is 90.4 Å². The first-order chi connectivity index (χ1) is 7.25. The molecule has 0 radical (unpaired) electrons.